The first-order valence-corrected chi connectivity index (χ1v) is 6.26. The lowest BCUT2D eigenvalue weighted by molar-refractivity contribution is 0.240. The van der Waals surface area contributed by atoms with Gasteiger partial charge in [0.15, 0.2) is 0 Å². The standard InChI is InChI=1S/C12H16Cl2N2/c1-16(9-3-4-9)12(7-15)10-5-2-8(13)6-11(10)14/h2,5-6,9,12H,3-4,7,15H2,1H3. The van der Waals surface area contributed by atoms with Crippen LogP contribution in [0.15, 0.2) is 18.2 Å². The summed E-state index contributed by atoms with van der Waals surface area (Å²) in [5, 5.41) is 1.37. The predicted molar refractivity (Wildman–Crippen MR) is 69.0 cm³/mol. The van der Waals surface area contributed by atoms with E-state index in [2.05, 4.69) is 11.9 Å². The van der Waals surface area contributed by atoms with E-state index in [-0.39, 0.29) is 6.04 Å². The Kier molecular flexibility index (Phi) is 3.75. The molecule has 0 amide bonds. The Labute approximate surface area is 106 Å². The average Bonchev–Trinajstić information content (AvgIpc) is 3.05. The van der Waals surface area contributed by atoms with Crippen LogP contribution in [-0.4, -0.2) is 24.5 Å². The van der Waals surface area contributed by atoms with E-state index in [4.69, 9.17) is 28.9 Å². The Morgan fingerprint density at radius 3 is 2.62 bits per heavy atom. The lowest BCUT2D eigenvalue weighted by Gasteiger charge is -2.28. The van der Waals surface area contributed by atoms with Gasteiger partial charge >= 0.3 is 0 Å². The second-order valence-electron chi connectivity index (χ2n) is 4.31. The molecule has 1 unspecified atom stereocenters. The Bertz CT molecular complexity index is 377. The third kappa shape index (κ3) is 2.51. The molecule has 88 valence electrons. The molecule has 1 aromatic carbocycles. The minimum atomic E-state index is 0.192. The quantitative estimate of drug-likeness (QED) is 0.900. The van der Waals surface area contributed by atoms with Crippen LogP contribution in [0.25, 0.3) is 0 Å². The Morgan fingerprint density at radius 2 is 2.12 bits per heavy atom. The third-order valence-corrected chi connectivity index (χ3v) is 3.72. The maximum atomic E-state index is 6.21. The normalized spacial score (nSPS) is 17.8. The molecule has 0 heterocycles. The first-order valence-electron chi connectivity index (χ1n) is 5.50. The molecule has 1 saturated carbocycles. The van der Waals surface area contributed by atoms with Crippen LogP contribution >= 0.6 is 23.2 Å². The topological polar surface area (TPSA) is 29.3 Å². The van der Waals surface area contributed by atoms with Gasteiger partial charge in [-0.2, -0.15) is 0 Å². The van der Waals surface area contributed by atoms with Gasteiger partial charge in [0.2, 0.25) is 0 Å². The van der Waals surface area contributed by atoms with Crippen LogP contribution in [0, 0.1) is 0 Å². The molecule has 1 atom stereocenters. The molecule has 2 nitrogen and oxygen atoms in total. The van der Waals surface area contributed by atoms with Crippen LogP contribution in [0.5, 0.6) is 0 Å². The van der Waals surface area contributed by atoms with E-state index >= 15 is 0 Å². The van der Waals surface area contributed by atoms with Crippen molar-refractivity contribution >= 4 is 23.2 Å². The van der Waals surface area contributed by atoms with Crippen molar-refractivity contribution in [2.45, 2.75) is 24.9 Å². The molecular formula is C12H16Cl2N2. The van der Waals surface area contributed by atoms with Gasteiger partial charge in [-0.25, -0.2) is 0 Å². The molecule has 0 aromatic heterocycles. The summed E-state index contributed by atoms with van der Waals surface area (Å²) in [6.07, 6.45) is 2.52. The van der Waals surface area contributed by atoms with E-state index in [1.165, 1.54) is 12.8 Å². The molecule has 0 aliphatic heterocycles. The zero-order chi connectivity index (χ0) is 11.7. The fraction of sp³-hybridized carbons (Fsp3) is 0.500. The second-order valence-corrected chi connectivity index (χ2v) is 5.16. The van der Waals surface area contributed by atoms with Crippen LogP contribution in [0.2, 0.25) is 10.0 Å². The molecule has 1 fully saturated rings. The maximum absolute atomic E-state index is 6.21. The van der Waals surface area contributed by atoms with Gasteiger partial charge in [0, 0.05) is 28.7 Å². The molecule has 2 N–H and O–H groups in total. The number of hydrogen-bond donors (Lipinski definition) is 1. The first-order chi connectivity index (χ1) is 7.63. The number of likely N-dealkylation sites (N-methyl/N-ethyl adjacent to an activating group) is 1. The van der Waals surface area contributed by atoms with Gasteiger partial charge in [-0.1, -0.05) is 29.3 Å². The van der Waals surface area contributed by atoms with Crippen molar-refractivity contribution < 1.29 is 0 Å². The summed E-state index contributed by atoms with van der Waals surface area (Å²) >= 11 is 12.1. The summed E-state index contributed by atoms with van der Waals surface area (Å²) < 4.78 is 0. The smallest absolute Gasteiger partial charge is 0.0485 e. The van der Waals surface area contributed by atoms with Crippen molar-refractivity contribution in [1.82, 2.24) is 4.90 Å². The highest BCUT2D eigenvalue weighted by molar-refractivity contribution is 6.35. The van der Waals surface area contributed by atoms with Gasteiger partial charge in [0.1, 0.15) is 0 Å². The van der Waals surface area contributed by atoms with E-state index in [9.17, 15) is 0 Å². The van der Waals surface area contributed by atoms with Gasteiger partial charge in [-0.05, 0) is 37.6 Å². The minimum Gasteiger partial charge on any atom is -0.329 e. The van der Waals surface area contributed by atoms with Gasteiger partial charge in [0.05, 0.1) is 0 Å². The summed E-state index contributed by atoms with van der Waals surface area (Å²) in [7, 11) is 2.11. The van der Waals surface area contributed by atoms with Crippen molar-refractivity contribution in [3.8, 4) is 0 Å². The second kappa shape index (κ2) is 4.92. The van der Waals surface area contributed by atoms with Crippen molar-refractivity contribution in [3.05, 3.63) is 33.8 Å². The van der Waals surface area contributed by atoms with Gasteiger partial charge in [0.25, 0.3) is 0 Å². The zero-order valence-electron chi connectivity index (χ0n) is 9.29. The summed E-state index contributed by atoms with van der Waals surface area (Å²) in [5.74, 6) is 0. The summed E-state index contributed by atoms with van der Waals surface area (Å²) in [4.78, 5) is 2.31. The molecule has 1 aliphatic rings. The molecule has 1 aromatic rings. The number of halogens is 2. The van der Waals surface area contributed by atoms with E-state index in [0.29, 0.717) is 22.6 Å². The van der Waals surface area contributed by atoms with Crippen LogP contribution in [0.3, 0.4) is 0 Å². The molecule has 4 heteroatoms. The van der Waals surface area contributed by atoms with Crippen molar-refractivity contribution in [3.63, 3.8) is 0 Å². The lowest BCUT2D eigenvalue weighted by Crippen LogP contribution is -2.32. The molecule has 1 aliphatic carbocycles. The van der Waals surface area contributed by atoms with Crippen molar-refractivity contribution in [2.75, 3.05) is 13.6 Å². The average molecular weight is 259 g/mol. The SMILES string of the molecule is CN(C1CC1)C(CN)c1ccc(Cl)cc1Cl. The number of benzene rings is 1. The highest BCUT2D eigenvalue weighted by Gasteiger charge is 2.31. The summed E-state index contributed by atoms with van der Waals surface area (Å²) in [6.45, 7) is 0.578. The summed E-state index contributed by atoms with van der Waals surface area (Å²) in [6, 6.07) is 6.48. The Morgan fingerprint density at radius 1 is 1.44 bits per heavy atom. The number of nitrogens with zero attached hydrogens (tertiary/aromatic N) is 1. The number of hydrogen-bond acceptors (Lipinski definition) is 2. The molecule has 16 heavy (non-hydrogen) atoms. The summed E-state index contributed by atoms with van der Waals surface area (Å²) in [5.41, 5.74) is 6.92. The molecule has 0 bridgehead atoms. The minimum absolute atomic E-state index is 0.192. The third-order valence-electron chi connectivity index (χ3n) is 3.16. The van der Waals surface area contributed by atoms with E-state index in [0.717, 1.165) is 5.56 Å². The Hall–Kier alpha value is -0.280. The van der Waals surface area contributed by atoms with Crippen molar-refractivity contribution in [1.29, 1.82) is 0 Å². The van der Waals surface area contributed by atoms with E-state index in [1.807, 2.05) is 12.1 Å². The highest BCUT2D eigenvalue weighted by Crippen LogP contribution is 2.35. The van der Waals surface area contributed by atoms with Crippen LogP contribution in [-0.2, 0) is 0 Å². The first kappa shape index (κ1) is 12.2. The molecule has 0 saturated heterocycles. The molecule has 2 rings (SSSR count). The van der Waals surface area contributed by atoms with Gasteiger partial charge in [-0.3, -0.25) is 4.90 Å². The van der Waals surface area contributed by atoms with Crippen LogP contribution in [0.4, 0.5) is 0 Å². The van der Waals surface area contributed by atoms with Gasteiger partial charge in [-0.15, -0.1) is 0 Å². The predicted octanol–water partition coefficient (Wildman–Crippen LogP) is 3.09. The van der Waals surface area contributed by atoms with Crippen LogP contribution in [0.1, 0.15) is 24.4 Å². The van der Waals surface area contributed by atoms with Crippen molar-refractivity contribution in [2.24, 2.45) is 5.73 Å². The molecular weight excluding hydrogens is 243 g/mol. The molecule has 0 spiro atoms. The van der Waals surface area contributed by atoms with Gasteiger partial charge < -0.3 is 5.73 Å². The van der Waals surface area contributed by atoms with E-state index < -0.39 is 0 Å². The fourth-order valence-electron chi connectivity index (χ4n) is 2.02. The van der Waals surface area contributed by atoms with E-state index in [1.54, 1.807) is 6.07 Å². The number of rotatable bonds is 4. The monoisotopic (exact) mass is 258 g/mol. The van der Waals surface area contributed by atoms with Crippen LogP contribution < -0.4 is 5.73 Å². The molecule has 0 radical (unpaired) electrons. The zero-order valence-corrected chi connectivity index (χ0v) is 10.8. The lowest BCUT2D eigenvalue weighted by atomic mass is 10.1. The highest BCUT2D eigenvalue weighted by atomic mass is 35.5. The Balaban J connectivity index is 2.24. The fourth-order valence-corrected chi connectivity index (χ4v) is 2.56. The maximum Gasteiger partial charge on any atom is 0.0485 e. The largest absolute Gasteiger partial charge is 0.329 e. The number of nitrogens with two attached hydrogens (primary N) is 1.